The van der Waals surface area contributed by atoms with Crippen molar-refractivity contribution in [1.29, 1.82) is 0 Å². The Morgan fingerprint density at radius 3 is 2.08 bits per heavy atom. The minimum Gasteiger partial charge on any atom is -0.496 e. The lowest BCUT2D eigenvalue weighted by molar-refractivity contribution is 0.0831. The van der Waals surface area contributed by atoms with Crippen LogP contribution in [-0.4, -0.2) is 63.4 Å². The number of nitrogens with one attached hydrogen (secondary N) is 4. The number of hydrogen-bond donors (Lipinski definition) is 5. The molecular weight excluding hydrogens is 628 g/mol. The molecule has 4 aromatic rings. The van der Waals surface area contributed by atoms with Crippen molar-refractivity contribution in [2.45, 2.75) is 44.9 Å². The zero-order chi connectivity index (χ0) is 34.5. The summed E-state index contributed by atoms with van der Waals surface area (Å²) in [4.78, 5) is 27.2. The van der Waals surface area contributed by atoms with Crippen LogP contribution in [0.4, 0.5) is 5.69 Å². The molecule has 254 valence electrons. The van der Waals surface area contributed by atoms with Gasteiger partial charge in [0.05, 0.1) is 36.7 Å². The molecule has 2 amide bonds. The van der Waals surface area contributed by atoms with E-state index in [2.05, 4.69) is 20.7 Å². The Kier molecular flexibility index (Phi) is 13.1. The number of ether oxygens (including phenoxy) is 1. The largest absolute Gasteiger partial charge is 0.496 e. The molecule has 0 radical (unpaired) electrons. The fourth-order valence-corrected chi connectivity index (χ4v) is 5.85. The number of carbonyl (C=O) groups excluding carboxylic acids is 2. The standard InChI is InChI=1S/C37H44N4O6S/c1-4-48(45,46)41-32-23-30(36(43)39-26(2)28-15-9-6-10-16-28)22-31(24-32)37(44)40-33(21-27-13-7-5-8-14-27)34(42)25-38-20-19-29-17-11-12-18-35(29)47-3/h5-18,22-24,26,33-34,38,41-42H,4,19-21,25H2,1-3H3,(H,39,43)(H,40,44)/t26-,33+,34-/m1/s1. The maximum atomic E-state index is 13.8. The molecule has 4 rings (SSSR count). The number of hydrogen-bond acceptors (Lipinski definition) is 7. The van der Waals surface area contributed by atoms with E-state index in [4.69, 9.17) is 4.74 Å². The molecule has 10 nitrogen and oxygen atoms in total. The average molecular weight is 673 g/mol. The van der Waals surface area contributed by atoms with Crippen molar-refractivity contribution >= 4 is 27.5 Å². The highest BCUT2D eigenvalue weighted by Crippen LogP contribution is 2.20. The normalized spacial score (nSPS) is 13.2. The van der Waals surface area contributed by atoms with Gasteiger partial charge in [-0.3, -0.25) is 14.3 Å². The van der Waals surface area contributed by atoms with Crippen LogP contribution in [0.2, 0.25) is 0 Å². The van der Waals surface area contributed by atoms with E-state index >= 15 is 0 Å². The van der Waals surface area contributed by atoms with Gasteiger partial charge in [0.1, 0.15) is 5.75 Å². The predicted octanol–water partition coefficient (Wildman–Crippen LogP) is 4.48. The smallest absolute Gasteiger partial charge is 0.251 e. The highest BCUT2D eigenvalue weighted by Gasteiger charge is 2.24. The third-order valence-corrected chi connectivity index (χ3v) is 9.26. The van der Waals surface area contributed by atoms with Crippen LogP contribution in [-0.2, 0) is 22.9 Å². The first-order chi connectivity index (χ1) is 23.1. The Balaban J connectivity index is 1.53. The van der Waals surface area contributed by atoms with Crippen molar-refractivity contribution < 1.29 is 27.9 Å². The first-order valence-corrected chi connectivity index (χ1v) is 17.6. The Bertz CT molecular complexity index is 1750. The molecule has 0 unspecified atom stereocenters. The van der Waals surface area contributed by atoms with Gasteiger partial charge in [-0.05, 0) is 74.2 Å². The molecule has 0 heterocycles. The van der Waals surface area contributed by atoms with E-state index in [9.17, 15) is 23.1 Å². The summed E-state index contributed by atoms with van der Waals surface area (Å²) in [5.74, 6) is -0.435. The molecule has 0 aliphatic carbocycles. The lowest BCUT2D eigenvalue weighted by Crippen LogP contribution is -2.49. The quantitative estimate of drug-likeness (QED) is 0.104. The van der Waals surface area contributed by atoms with Gasteiger partial charge in [0, 0.05) is 17.7 Å². The molecule has 0 saturated heterocycles. The third-order valence-electron chi connectivity index (χ3n) is 7.95. The minimum absolute atomic E-state index is 0.0678. The van der Waals surface area contributed by atoms with Crippen molar-refractivity contribution in [2.24, 2.45) is 0 Å². The molecule has 0 spiro atoms. The van der Waals surface area contributed by atoms with Gasteiger partial charge in [-0.2, -0.15) is 0 Å². The van der Waals surface area contributed by atoms with Crippen molar-refractivity contribution in [3.05, 3.63) is 131 Å². The fourth-order valence-electron chi connectivity index (χ4n) is 5.23. The van der Waals surface area contributed by atoms with E-state index in [0.717, 1.165) is 22.4 Å². The topological polar surface area (TPSA) is 146 Å². The molecule has 0 aliphatic rings. The second-order valence-electron chi connectivity index (χ2n) is 11.5. The molecule has 0 saturated carbocycles. The first kappa shape index (κ1) is 36.1. The molecular formula is C37H44N4O6S. The summed E-state index contributed by atoms with van der Waals surface area (Å²) >= 11 is 0. The summed E-state index contributed by atoms with van der Waals surface area (Å²) in [6, 6.07) is 29.8. The lowest BCUT2D eigenvalue weighted by Gasteiger charge is -2.25. The molecule has 0 bridgehead atoms. The fraction of sp³-hybridized carbons (Fsp3) is 0.297. The third kappa shape index (κ3) is 10.7. The second-order valence-corrected chi connectivity index (χ2v) is 13.5. The van der Waals surface area contributed by atoms with Gasteiger partial charge in [0.25, 0.3) is 11.8 Å². The van der Waals surface area contributed by atoms with E-state index in [1.807, 2.05) is 91.9 Å². The Morgan fingerprint density at radius 1 is 0.833 bits per heavy atom. The van der Waals surface area contributed by atoms with Crippen LogP contribution in [0.1, 0.15) is 57.3 Å². The summed E-state index contributed by atoms with van der Waals surface area (Å²) in [5, 5.41) is 20.4. The summed E-state index contributed by atoms with van der Waals surface area (Å²) < 4.78 is 32.8. The van der Waals surface area contributed by atoms with Crippen LogP contribution in [0.25, 0.3) is 0 Å². The molecule has 11 heteroatoms. The maximum absolute atomic E-state index is 13.8. The van der Waals surface area contributed by atoms with E-state index in [0.29, 0.717) is 19.4 Å². The Morgan fingerprint density at radius 2 is 1.44 bits per heavy atom. The average Bonchev–Trinajstić information content (AvgIpc) is 3.10. The van der Waals surface area contributed by atoms with Gasteiger partial charge in [0.2, 0.25) is 10.0 Å². The minimum atomic E-state index is -3.71. The molecule has 48 heavy (non-hydrogen) atoms. The second kappa shape index (κ2) is 17.4. The van der Waals surface area contributed by atoms with Gasteiger partial charge >= 0.3 is 0 Å². The summed E-state index contributed by atoms with van der Waals surface area (Å²) in [5.41, 5.74) is 3.10. The molecule has 0 fully saturated rings. The number of anilines is 1. The Labute approximate surface area is 283 Å². The number of para-hydroxylation sites is 1. The summed E-state index contributed by atoms with van der Waals surface area (Å²) in [6.07, 6.45) is 0.0511. The van der Waals surface area contributed by atoms with Crippen LogP contribution < -0.4 is 25.4 Å². The molecule has 3 atom stereocenters. The maximum Gasteiger partial charge on any atom is 0.251 e. The molecule has 4 aromatic carbocycles. The summed E-state index contributed by atoms with van der Waals surface area (Å²) in [6.45, 7) is 4.11. The van der Waals surface area contributed by atoms with Crippen LogP contribution in [0.5, 0.6) is 5.75 Å². The zero-order valence-corrected chi connectivity index (χ0v) is 28.3. The number of methoxy groups -OCH3 is 1. The SMILES string of the molecule is CCS(=O)(=O)Nc1cc(C(=O)N[C@@H](Cc2ccccc2)[C@H](O)CNCCc2ccccc2OC)cc(C(=O)N[C@H](C)c2ccccc2)c1. The number of amides is 2. The Hall–Kier alpha value is -4.71. The van der Waals surface area contributed by atoms with E-state index in [1.54, 1.807) is 7.11 Å². The van der Waals surface area contributed by atoms with Gasteiger partial charge in [-0.1, -0.05) is 78.9 Å². The van der Waals surface area contributed by atoms with E-state index in [1.165, 1.54) is 25.1 Å². The predicted molar refractivity (Wildman–Crippen MR) is 189 cm³/mol. The van der Waals surface area contributed by atoms with E-state index < -0.39 is 34.0 Å². The molecule has 0 aromatic heterocycles. The van der Waals surface area contributed by atoms with Crippen molar-refractivity contribution in [2.75, 3.05) is 30.7 Å². The van der Waals surface area contributed by atoms with Crippen LogP contribution in [0, 0.1) is 0 Å². The highest BCUT2D eigenvalue weighted by atomic mass is 32.2. The van der Waals surface area contributed by atoms with Crippen molar-refractivity contribution in [3.8, 4) is 5.75 Å². The molecule has 0 aliphatic heterocycles. The van der Waals surface area contributed by atoms with Gasteiger partial charge in [-0.15, -0.1) is 0 Å². The number of carbonyl (C=O) groups is 2. The van der Waals surface area contributed by atoms with Crippen LogP contribution in [0.3, 0.4) is 0 Å². The zero-order valence-electron chi connectivity index (χ0n) is 27.5. The number of aliphatic hydroxyl groups is 1. The van der Waals surface area contributed by atoms with Crippen LogP contribution >= 0.6 is 0 Å². The monoisotopic (exact) mass is 672 g/mol. The highest BCUT2D eigenvalue weighted by molar-refractivity contribution is 7.92. The first-order valence-electron chi connectivity index (χ1n) is 16.0. The lowest BCUT2D eigenvalue weighted by atomic mass is 10.00. The number of benzene rings is 4. The van der Waals surface area contributed by atoms with Gasteiger partial charge in [0.15, 0.2) is 0 Å². The van der Waals surface area contributed by atoms with Gasteiger partial charge < -0.3 is 25.8 Å². The number of rotatable bonds is 17. The van der Waals surface area contributed by atoms with Crippen molar-refractivity contribution in [1.82, 2.24) is 16.0 Å². The molecule has 5 N–H and O–H groups in total. The van der Waals surface area contributed by atoms with E-state index in [-0.39, 0.29) is 35.2 Å². The number of aliphatic hydroxyl groups excluding tert-OH is 1. The summed E-state index contributed by atoms with van der Waals surface area (Å²) in [7, 11) is -2.08. The number of sulfonamides is 1. The van der Waals surface area contributed by atoms with Crippen LogP contribution in [0.15, 0.2) is 103 Å². The van der Waals surface area contributed by atoms with Crippen molar-refractivity contribution in [3.63, 3.8) is 0 Å². The van der Waals surface area contributed by atoms with Gasteiger partial charge in [-0.25, -0.2) is 8.42 Å².